The number of aryl methyl sites for hydroxylation is 1. The van der Waals surface area contributed by atoms with Gasteiger partial charge in [0.05, 0.1) is 11.3 Å². The van der Waals surface area contributed by atoms with Crippen molar-refractivity contribution in [1.29, 1.82) is 0 Å². The number of rotatable bonds is 5. The number of hydrogen-bond donors (Lipinski definition) is 0. The Balaban J connectivity index is 0.00000272. The van der Waals surface area contributed by atoms with Gasteiger partial charge >= 0.3 is 5.69 Å². The van der Waals surface area contributed by atoms with Crippen LogP contribution in [-0.4, -0.2) is 61.2 Å². The van der Waals surface area contributed by atoms with E-state index in [4.69, 9.17) is 0 Å². The van der Waals surface area contributed by atoms with E-state index in [-0.39, 0.29) is 29.3 Å². The van der Waals surface area contributed by atoms with Crippen LogP contribution < -0.4 is 16.1 Å². The maximum Gasteiger partial charge on any atom is 0.332 e. The number of halogens is 1. The Morgan fingerprint density at radius 3 is 2.26 bits per heavy atom. The van der Waals surface area contributed by atoms with Crippen LogP contribution >= 0.6 is 12.4 Å². The molecule has 1 aliphatic rings. The summed E-state index contributed by atoms with van der Waals surface area (Å²) in [6, 6.07) is 6.62. The molecule has 3 heterocycles. The predicted molar refractivity (Wildman–Crippen MR) is 119 cm³/mol. The number of nitrogens with zero attached hydrogens (tertiary/aromatic N) is 7. The lowest BCUT2D eigenvalue weighted by atomic mass is 10.2. The molecule has 0 radical (unpaired) electrons. The minimum Gasteiger partial charge on any atom is -0.369 e. The van der Waals surface area contributed by atoms with Crippen LogP contribution in [0.15, 0.2) is 40.2 Å². The second kappa shape index (κ2) is 8.90. The number of benzene rings is 1. The SMILES string of the molecule is Cl.Cn1c(=O)c2c(ncn2CCN2CCN(c3ccc([N+](=O)[O-])cc3)CC2)n(C)c1=O. The van der Waals surface area contributed by atoms with Crippen LogP contribution in [-0.2, 0) is 20.6 Å². The Morgan fingerprint density at radius 2 is 1.65 bits per heavy atom. The van der Waals surface area contributed by atoms with Gasteiger partial charge in [0.25, 0.3) is 11.2 Å². The zero-order valence-corrected chi connectivity index (χ0v) is 18.1. The zero-order chi connectivity index (χ0) is 21.4. The first-order valence-corrected chi connectivity index (χ1v) is 9.69. The molecule has 1 fully saturated rings. The van der Waals surface area contributed by atoms with Crippen molar-refractivity contribution in [3.05, 3.63) is 61.5 Å². The van der Waals surface area contributed by atoms with E-state index < -0.39 is 4.92 Å². The fraction of sp³-hybridized carbons (Fsp3) is 0.421. The van der Waals surface area contributed by atoms with Crippen LogP contribution in [0.3, 0.4) is 0 Å². The van der Waals surface area contributed by atoms with Gasteiger partial charge in [-0.1, -0.05) is 0 Å². The van der Waals surface area contributed by atoms with E-state index in [0.717, 1.165) is 43.0 Å². The average molecular weight is 450 g/mol. The van der Waals surface area contributed by atoms with Crippen LogP contribution in [0.2, 0.25) is 0 Å². The van der Waals surface area contributed by atoms with Crippen LogP contribution in [0.5, 0.6) is 0 Å². The molecule has 12 heteroatoms. The highest BCUT2D eigenvalue weighted by Gasteiger charge is 2.19. The molecule has 0 amide bonds. The van der Waals surface area contributed by atoms with Gasteiger partial charge in [0.1, 0.15) is 0 Å². The summed E-state index contributed by atoms with van der Waals surface area (Å²) < 4.78 is 4.29. The molecule has 1 aromatic carbocycles. The molecule has 0 bridgehead atoms. The number of anilines is 1. The van der Waals surface area contributed by atoms with Gasteiger partial charge < -0.3 is 9.47 Å². The highest BCUT2D eigenvalue weighted by molar-refractivity contribution is 5.85. The number of piperazine rings is 1. The Kier molecular flexibility index (Phi) is 6.46. The topological polar surface area (TPSA) is 111 Å². The molecule has 0 aliphatic carbocycles. The fourth-order valence-electron chi connectivity index (χ4n) is 3.83. The van der Waals surface area contributed by atoms with Crippen molar-refractivity contribution in [3.8, 4) is 0 Å². The van der Waals surface area contributed by atoms with E-state index in [0.29, 0.717) is 17.7 Å². The third kappa shape index (κ3) is 4.19. The summed E-state index contributed by atoms with van der Waals surface area (Å²) in [5, 5.41) is 10.8. The van der Waals surface area contributed by atoms with Crippen LogP contribution in [0.1, 0.15) is 0 Å². The number of imidazole rings is 1. The monoisotopic (exact) mass is 449 g/mol. The molecule has 1 aliphatic heterocycles. The summed E-state index contributed by atoms with van der Waals surface area (Å²) in [4.78, 5) is 43.7. The van der Waals surface area contributed by atoms with Gasteiger partial charge in [-0.05, 0) is 12.1 Å². The van der Waals surface area contributed by atoms with Crippen LogP contribution in [0, 0.1) is 10.1 Å². The van der Waals surface area contributed by atoms with Crippen molar-refractivity contribution in [1.82, 2.24) is 23.6 Å². The van der Waals surface area contributed by atoms with Gasteiger partial charge in [-0.2, -0.15) is 0 Å². The highest BCUT2D eigenvalue weighted by Crippen LogP contribution is 2.20. The van der Waals surface area contributed by atoms with E-state index in [2.05, 4.69) is 14.8 Å². The lowest BCUT2D eigenvalue weighted by Crippen LogP contribution is -2.47. The lowest BCUT2D eigenvalue weighted by Gasteiger charge is -2.36. The Labute approximate surface area is 183 Å². The van der Waals surface area contributed by atoms with Crippen molar-refractivity contribution in [2.75, 3.05) is 37.6 Å². The molecule has 3 aromatic rings. The molecule has 2 aromatic heterocycles. The van der Waals surface area contributed by atoms with Crippen LogP contribution in [0.4, 0.5) is 11.4 Å². The summed E-state index contributed by atoms with van der Waals surface area (Å²) >= 11 is 0. The number of nitro benzene ring substituents is 1. The van der Waals surface area contributed by atoms with Crippen molar-refractivity contribution in [2.24, 2.45) is 14.1 Å². The molecule has 11 nitrogen and oxygen atoms in total. The number of hydrogen-bond acceptors (Lipinski definition) is 7. The molecule has 0 N–H and O–H groups in total. The molecular weight excluding hydrogens is 426 g/mol. The molecule has 0 unspecified atom stereocenters. The normalized spacial score (nSPS) is 14.6. The minimum absolute atomic E-state index is 0. The van der Waals surface area contributed by atoms with E-state index in [1.54, 1.807) is 30.1 Å². The molecule has 0 spiro atoms. The second-order valence-corrected chi connectivity index (χ2v) is 7.42. The quantitative estimate of drug-likeness (QED) is 0.414. The molecule has 166 valence electrons. The van der Waals surface area contributed by atoms with Crippen molar-refractivity contribution in [2.45, 2.75) is 6.54 Å². The summed E-state index contributed by atoms with van der Waals surface area (Å²) in [7, 11) is 3.08. The van der Waals surface area contributed by atoms with Crippen molar-refractivity contribution >= 4 is 34.9 Å². The van der Waals surface area contributed by atoms with E-state index in [9.17, 15) is 19.7 Å². The number of nitro groups is 1. The molecule has 0 atom stereocenters. The largest absolute Gasteiger partial charge is 0.369 e. The minimum atomic E-state index is -0.396. The van der Waals surface area contributed by atoms with Gasteiger partial charge in [0.15, 0.2) is 11.2 Å². The first-order chi connectivity index (χ1) is 14.4. The molecule has 0 saturated carbocycles. The van der Waals surface area contributed by atoms with Gasteiger partial charge in [0, 0.05) is 71.2 Å². The van der Waals surface area contributed by atoms with E-state index >= 15 is 0 Å². The predicted octanol–water partition coefficient (Wildman–Crippen LogP) is 0.586. The summed E-state index contributed by atoms with van der Waals surface area (Å²) in [6.45, 7) is 4.69. The first kappa shape index (κ1) is 22.5. The summed E-state index contributed by atoms with van der Waals surface area (Å²) in [5.74, 6) is 0. The summed E-state index contributed by atoms with van der Waals surface area (Å²) in [6.07, 6.45) is 1.61. The smallest absolute Gasteiger partial charge is 0.332 e. The van der Waals surface area contributed by atoms with Gasteiger partial charge in [-0.3, -0.25) is 28.9 Å². The average Bonchev–Trinajstić information content (AvgIpc) is 3.19. The fourth-order valence-corrected chi connectivity index (χ4v) is 3.83. The lowest BCUT2D eigenvalue weighted by molar-refractivity contribution is -0.384. The van der Waals surface area contributed by atoms with Gasteiger partial charge in [-0.15, -0.1) is 12.4 Å². The van der Waals surface area contributed by atoms with Crippen molar-refractivity contribution < 1.29 is 4.92 Å². The molecule has 4 rings (SSSR count). The Bertz CT molecular complexity index is 1210. The maximum atomic E-state index is 12.5. The number of non-ortho nitro benzene ring substituents is 1. The highest BCUT2D eigenvalue weighted by atomic mass is 35.5. The number of fused-ring (bicyclic) bond motifs is 1. The van der Waals surface area contributed by atoms with Crippen LogP contribution in [0.25, 0.3) is 11.2 Å². The Hall–Kier alpha value is -3.18. The Morgan fingerprint density at radius 1 is 1.00 bits per heavy atom. The molecule has 31 heavy (non-hydrogen) atoms. The second-order valence-electron chi connectivity index (χ2n) is 7.42. The van der Waals surface area contributed by atoms with E-state index in [1.807, 2.05) is 0 Å². The third-order valence-corrected chi connectivity index (χ3v) is 5.67. The maximum absolute atomic E-state index is 12.5. The van der Waals surface area contributed by atoms with Gasteiger partial charge in [0.2, 0.25) is 0 Å². The number of aromatic nitrogens is 4. The van der Waals surface area contributed by atoms with Gasteiger partial charge in [-0.25, -0.2) is 9.78 Å². The van der Waals surface area contributed by atoms with E-state index in [1.165, 1.54) is 23.7 Å². The van der Waals surface area contributed by atoms with Crippen molar-refractivity contribution in [3.63, 3.8) is 0 Å². The molecule has 1 saturated heterocycles. The zero-order valence-electron chi connectivity index (χ0n) is 17.3. The molecular formula is C19H24ClN7O4. The standard InChI is InChI=1S/C19H23N7O4.ClH/c1-21-17-16(18(27)22(2)19(21)28)25(13-20-17)12-9-23-7-10-24(11-8-23)14-3-5-15(6-4-14)26(29)30;/h3-6,13H,7-12H2,1-2H3;1H. The summed E-state index contributed by atoms with van der Waals surface area (Å²) in [5.41, 5.74) is 1.17. The first-order valence-electron chi connectivity index (χ1n) is 9.69. The third-order valence-electron chi connectivity index (χ3n) is 5.67.